The fraction of sp³-hybridized carbons (Fsp3) is 0.385. The lowest BCUT2D eigenvalue weighted by molar-refractivity contribution is 0.0526. The van der Waals surface area contributed by atoms with E-state index in [2.05, 4.69) is 0 Å². The zero-order valence-corrected chi connectivity index (χ0v) is 10.2. The van der Waals surface area contributed by atoms with E-state index in [0.717, 1.165) is 5.56 Å². The van der Waals surface area contributed by atoms with Gasteiger partial charge in [-0.1, -0.05) is 6.92 Å². The molecule has 0 bridgehead atoms. The molecule has 0 spiro atoms. The summed E-state index contributed by atoms with van der Waals surface area (Å²) in [5.74, 6) is 0.115. The maximum absolute atomic E-state index is 11.6. The first-order valence-electron chi connectivity index (χ1n) is 5.46. The van der Waals surface area contributed by atoms with Crippen LogP contribution in [-0.2, 0) is 11.2 Å². The number of carbonyl (C=O) groups is 1. The smallest absolute Gasteiger partial charge is 0.338 e. The van der Waals surface area contributed by atoms with Crippen LogP contribution in [0.25, 0.3) is 0 Å². The number of methoxy groups -OCH3 is 1. The van der Waals surface area contributed by atoms with Crippen molar-refractivity contribution in [3.05, 3.63) is 28.8 Å². The molecule has 0 aromatic heterocycles. The summed E-state index contributed by atoms with van der Waals surface area (Å²) in [7, 11) is 1.51. The van der Waals surface area contributed by atoms with Gasteiger partial charge in [-0.3, -0.25) is 0 Å². The molecular weight excluding hydrogens is 218 g/mol. The summed E-state index contributed by atoms with van der Waals surface area (Å²) < 4.78 is 10.1. The predicted octanol–water partition coefficient (Wildman–Crippen LogP) is 2.31. The van der Waals surface area contributed by atoms with Crippen LogP contribution in [0.4, 0.5) is 0 Å². The van der Waals surface area contributed by atoms with Gasteiger partial charge in [0, 0.05) is 0 Å². The summed E-state index contributed by atoms with van der Waals surface area (Å²) in [6.07, 6.45) is 0.686. The number of hydrogen-bond donors (Lipinski definition) is 0. The van der Waals surface area contributed by atoms with Crippen molar-refractivity contribution in [1.82, 2.24) is 0 Å². The van der Waals surface area contributed by atoms with Crippen LogP contribution >= 0.6 is 0 Å². The number of carbonyl (C=O) groups excluding carboxylic acids is 1. The van der Waals surface area contributed by atoms with Gasteiger partial charge in [0.05, 0.1) is 24.8 Å². The second kappa shape index (κ2) is 5.90. The zero-order chi connectivity index (χ0) is 12.8. The molecule has 4 heteroatoms. The van der Waals surface area contributed by atoms with Crippen LogP contribution in [-0.4, -0.2) is 19.7 Å². The number of nitrogens with zero attached hydrogens (tertiary/aromatic N) is 1. The van der Waals surface area contributed by atoms with Crippen LogP contribution < -0.4 is 4.74 Å². The molecule has 0 amide bonds. The summed E-state index contributed by atoms with van der Waals surface area (Å²) >= 11 is 0. The Morgan fingerprint density at radius 2 is 2.12 bits per heavy atom. The monoisotopic (exact) mass is 233 g/mol. The number of nitriles is 1. The van der Waals surface area contributed by atoms with Gasteiger partial charge in [-0.25, -0.2) is 4.79 Å². The lowest BCUT2D eigenvalue weighted by atomic mass is 10.0. The van der Waals surface area contributed by atoms with E-state index in [1.807, 2.05) is 13.0 Å². The fourth-order valence-corrected chi connectivity index (χ4v) is 1.61. The van der Waals surface area contributed by atoms with Crippen LogP contribution in [0, 0.1) is 11.3 Å². The average Bonchev–Trinajstić information content (AvgIpc) is 2.37. The van der Waals surface area contributed by atoms with Gasteiger partial charge in [-0.15, -0.1) is 0 Å². The molecule has 0 N–H and O–H groups in total. The van der Waals surface area contributed by atoms with E-state index in [4.69, 9.17) is 14.7 Å². The Balaban J connectivity index is 3.28. The Labute approximate surface area is 101 Å². The summed E-state index contributed by atoms with van der Waals surface area (Å²) in [5.41, 5.74) is 1.57. The first-order valence-corrected chi connectivity index (χ1v) is 5.46. The molecule has 0 unspecified atom stereocenters. The van der Waals surface area contributed by atoms with E-state index < -0.39 is 5.97 Å². The number of esters is 1. The van der Waals surface area contributed by atoms with E-state index in [1.54, 1.807) is 13.0 Å². The molecule has 90 valence electrons. The van der Waals surface area contributed by atoms with E-state index in [0.29, 0.717) is 29.9 Å². The summed E-state index contributed by atoms with van der Waals surface area (Å²) in [5, 5.41) is 9.02. The molecule has 17 heavy (non-hydrogen) atoms. The molecule has 1 aromatic rings. The first-order chi connectivity index (χ1) is 8.17. The normalized spacial score (nSPS) is 9.53. The Morgan fingerprint density at radius 1 is 1.41 bits per heavy atom. The van der Waals surface area contributed by atoms with Gasteiger partial charge < -0.3 is 9.47 Å². The van der Waals surface area contributed by atoms with Crippen molar-refractivity contribution in [3.8, 4) is 11.8 Å². The fourth-order valence-electron chi connectivity index (χ4n) is 1.61. The minimum absolute atomic E-state index is 0.314. The minimum Gasteiger partial charge on any atom is -0.495 e. The highest BCUT2D eigenvalue weighted by Crippen LogP contribution is 2.26. The van der Waals surface area contributed by atoms with Crippen molar-refractivity contribution in [1.29, 1.82) is 5.26 Å². The number of aryl methyl sites for hydroxylation is 1. The van der Waals surface area contributed by atoms with Gasteiger partial charge >= 0.3 is 5.97 Å². The van der Waals surface area contributed by atoms with Crippen LogP contribution in [0.3, 0.4) is 0 Å². The Kier molecular flexibility index (Phi) is 4.53. The van der Waals surface area contributed by atoms with E-state index >= 15 is 0 Å². The number of hydrogen-bond acceptors (Lipinski definition) is 4. The average molecular weight is 233 g/mol. The molecule has 0 saturated carbocycles. The van der Waals surface area contributed by atoms with E-state index in [9.17, 15) is 4.79 Å². The molecule has 0 radical (unpaired) electrons. The minimum atomic E-state index is -0.415. The molecule has 1 aromatic carbocycles. The molecule has 0 saturated heterocycles. The van der Waals surface area contributed by atoms with Crippen molar-refractivity contribution >= 4 is 5.97 Å². The molecule has 0 aliphatic rings. The Hall–Kier alpha value is -2.02. The van der Waals surface area contributed by atoms with E-state index in [-0.39, 0.29) is 0 Å². The largest absolute Gasteiger partial charge is 0.495 e. The predicted molar refractivity (Wildman–Crippen MR) is 63.0 cm³/mol. The zero-order valence-electron chi connectivity index (χ0n) is 10.2. The molecule has 0 aliphatic carbocycles. The van der Waals surface area contributed by atoms with Gasteiger partial charge in [0.1, 0.15) is 11.8 Å². The third-order valence-electron chi connectivity index (χ3n) is 2.38. The third-order valence-corrected chi connectivity index (χ3v) is 2.38. The van der Waals surface area contributed by atoms with Crippen molar-refractivity contribution in [2.24, 2.45) is 0 Å². The highest BCUT2D eigenvalue weighted by atomic mass is 16.5. The number of ether oxygens (including phenoxy) is 2. The second-order valence-electron chi connectivity index (χ2n) is 3.40. The van der Waals surface area contributed by atoms with Crippen molar-refractivity contribution < 1.29 is 14.3 Å². The Bertz CT molecular complexity index is 460. The highest BCUT2D eigenvalue weighted by Gasteiger charge is 2.15. The topological polar surface area (TPSA) is 59.3 Å². The van der Waals surface area contributed by atoms with Gasteiger partial charge in [-0.05, 0) is 31.0 Å². The van der Waals surface area contributed by atoms with Gasteiger partial charge in [-0.2, -0.15) is 5.26 Å². The first kappa shape index (κ1) is 13.0. The SMILES string of the molecule is CCOC(=O)c1cc(C#N)c(OC)c(CC)c1. The van der Waals surface area contributed by atoms with Crippen molar-refractivity contribution in [2.45, 2.75) is 20.3 Å². The highest BCUT2D eigenvalue weighted by molar-refractivity contribution is 5.90. The van der Waals surface area contributed by atoms with Crippen LogP contribution in [0.15, 0.2) is 12.1 Å². The maximum atomic E-state index is 11.6. The van der Waals surface area contributed by atoms with Gasteiger partial charge in [0.15, 0.2) is 0 Å². The molecular formula is C13H15NO3. The molecule has 0 heterocycles. The maximum Gasteiger partial charge on any atom is 0.338 e. The lowest BCUT2D eigenvalue weighted by Crippen LogP contribution is -2.07. The quantitative estimate of drug-likeness (QED) is 0.749. The molecule has 0 atom stereocenters. The van der Waals surface area contributed by atoms with Crippen molar-refractivity contribution in [2.75, 3.05) is 13.7 Å². The van der Waals surface area contributed by atoms with Gasteiger partial charge in [0.25, 0.3) is 0 Å². The van der Waals surface area contributed by atoms with Crippen LogP contribution in [0.5, 0.6) is 5.75 Å². The Morgan fingerprint density at radius 3 is 2.59 bits per heavy atom. The third kappa shape index (κ3) is 2.76. The molecule has 0 aliphatic heterocycles. The summed E-state index contributed by atoms with van der Waals surface area (Å²) in [6, 6.07) is 5.23. The van der Waals surface area contributed by atoms with Crippen molar-refractivity contribution in [3.63, 3.8) is 0 Å². The standard InChI is InChI=1S/C13H15NO3/c1-4-9-6-10(13(15)17-5-2)7-11(8-14)12(9)16-3/h6-7H,4-5H2,1-3H3. The lowest BCUT2D eigenvalue weighted by Gasteiger charge is -2.10. The number of rotatable bonds is 4. The second-order valence-corrected chi connectivity index (χ2v) is 3.40. The molecule has 4 nitrogen and oxygen atoms in total. The van der Waals surface area contributed by atoms with Gasteiger partial charge in [0.2, 0.25) is 0 Å². The molecule has 1 rings (SSSR count). The molecule has 0 fully saturated rings. The van der Waals surface area contributed by atoms with Crippen LogP contribution in [0.1, 0.15) is 35.3 Å². The van der Waals surface area contributed by atoms with Crippen LogP contribution in [0.2, 0.25) is 0 Å². The summed E-state index contributed by atoms with van der Waals surface area (Å²) in [4.78, 5) is 11.6. The summed E-state index contributed by atoms with van der Waals surface area (Å²) in [6.45, 7) is 4.00. The number of benzene rings is 1. The van der Waals surface area contributed by atoms with E-state index in [1.165, 1.54) is 13.2 Å².